The molecule has 0 saturated carbocycles. The van der Waals surface area contributed by atoms with E-state index in [1.807, 2.05) is 50.2 Å². The molecule has 1 N–H and O–H groups in total. The molecule has 0 aromatic heterocycles. The number of hydrogen-bond acceptors (Lipinski definition) is 6. The number of unbranched alkanes of at least 4 members (excludes halogenated alkanes) is 3. The Morgan fingerprint density at radius 2 is 1.77 bits per heavy atom. The molecule has 2 aromatic rings. The van der Waals surface area contributed by atoms with Crippen LogP contribution in [0, 0.1) is 18.8 Å². The highest BCUT2D eigenvalue weighted by molar-refractivity contribution is 9.09. The number of carbonyl (C=O) groups excluding carboxylic acids is 3. The van der Waals surface area contributed by atoms with E-state index in [1.54, 1.807) is 32.9 Å². The van der Waals surface area contributed by atoms with Gasteiger partial charge >= 0.3 is 0 Å². The standard InChI is InChI=1S/C37H45BrClN3O6/c1-5-19-40(25-15-17-26(18-16-25)47-7-3)34(44)29-30-35(45)42(21-10-8-9-11-22-43)33(37(30)23-27(38)32(29)48-37)36(46)41(20-6-2)31-24(4)13-12-14-28(31)39/h5-6,12-18,27,29-30,32-33,43H,1-2,7-11,19-23H2,3-4H3/t27?,29-,30+,32-,33?,37?/m1/s1. The van der Waals surface area contributed by atoms with Crippen LogP contribution in [0.25, 0.3) is 0 Å². The Hall–Kier alpha value is -3.18. The molecule has 3 aliphatic heterocycles. The summed E-state index contributed by atoms with van der Waals surface area (Å²) < 4.78 is 12.4. The van der Waals surface area contributed by atoms with E-state index in [0.29, 0.717) is 54.6 Å². The van der Waals surface area contributed by atoms with Gasteiger partial charge in [0.15, 0.2) is 0 Å². The molecule has 3 heterocycles. The van der Waals surface area contributed by atoms with Gasteiger partial charge in [-0.25, -0.2) is 0 Å². The van der Waals surface area contributed by atoms with Crippen LogP contribution in [0.2, 0.25) is 5.02 Å². The molecule has 3 amide bonds. The predicted molar refractivity (Wildman–Crippen MR) is 192 cm³/mol. The van der Waals surface area contributed by atoms with Crippen molar-refractivity contribution in [3.05, 3.63) is 78.4 Å². The highest BCUT2D eigenvalue weighted by Gasteiger charge is 2.77. The molecular weight excluding hydrogens is 698 g/mol. The molecule has 9 nitrogen and oxygen atoms in total. The maximum atomic E-state index is 15.0. The maximum Gasteiger partial charge on any atom is 0.253 e. The summed E-state index contributed by atoms with van der Waals surface area (Å²) in [7, 11) is 0. The molecule has 2 aromatic carbocycles. The maximum absolute atomic E-state index is 15.0. The Morgan fingerprint density at radius 1 is 1.08 bits per heavy atom. The Bertz CT molecular complexity index is 1500. The molecule has 6 atom stereocenters. The van der Waals surface area contributed by atoms with Crippen molar-refractivity contribution >= 4 is 56.6 Å². The third-order valence-electron chi connectivity index (χ3n) is 9.69. The van der Waals surface area contributed by atoms with E-state index in [-0.39, 0.29) is 42.2 Å². The summed E-state index contributed by atoms with van der Waals surface area (Å²) >= 11 is 10.5. The fourth-order valence-corrected chi connectivity index (χ4v) is 9.00. The monoisotopic (exact) mass is 741 g/mol. The average Bonchev–Trinajstić information content (AvgIpc) is 3.66. The summed E-state index contributed by atoms with van der Waals surface area (Å²) in [5.41, 5.74) is 0.787. The number of alkyl halides is 1. The molecule has 258 valence electrons. The molecule has 0 radical (unpaired) electrons. The number of hydrogen-bond donors (Lipinski definition) is 1. The Labute approximate surface area is 296 Å². The lowest BCUT2D eigenvalue weighted by Gasteiger charge is -2.38. The first kappa shape index (κ1) is 36.1. The van der Waals surface area contributed by atoms with E-state index >= 15 is 0 Å². The van der Waals surface area contributed by atoms with Gasteiger partial charge in [0.25, 0.3) is 5.91 Å². The molecule has 0 aliphatic carbocycles. The van der Waals surface area contributed by atoms with Crippen molar-refractivity contribution in [1.29, 1.82) is 0 Å². The topological polar surface area (TPSA) is 99.6 Å². The number of halogens is 2. The number of ether oxygens (including phenoxy) is 2. The molecule has 3 saturated heterocycles. The van der Waals surface area contributed by atoms with Crippen LogP contribution in [0.5, 0.6) is 5.75 Å². The molecule has 3 fully saturated rings. The number of carbonyl (C=O) groups is 3. The molecule has 48 heavy (non-hydrogen) atoms. The van der Waals surface area contributed by atoms with Gasteiger partial charge in [0.05, 0.1) is 35.3 Å². The van der Waals surface area contributed by atoms with Gasteiger partial charge in [0.2, 0.25) is 11.8 Å². The number of benzene rings is 2. The molecule has 5 rings (SSSR count). The minimum absolute atomic E-state index is 0.101. The van der Waals surface area contributed by atoms with E-state index in [9.17, 15) is 19.5 Å². The summed E-state index contributed by atoms with van der Waals surface area (Å²) in [6, 6.07) is 11.7. The number of fused-ring (bicyclic) bond motifs is 1. The zero-order valence-corrected chi connectivity index (χ0v) is 30.0. The van der Waals surface area contributed by atoms with Crippen LogP contribution in [-0.4, -0.2) is 83.2 Å². The van der Waals surface area contributed by atoms with Crippen molar-refractivity contribution in [2.45, 2.75) is 68.5 Å². The smallest absolute Gasteiger partial charge is 0.253 e. The van der Waals surface area contributed by atoms with E-state index in [1.165, 1.54) is 0 Å². The second-order valence-electron chi connectivity index (χ2n) is 12.6. The first-order chi connectivity index (χ1) is 23.1. The number of aryl methyl sites for hydroxylation is 1. The van der Waals surface area contributed by atoms with Gasteiger partial charge in [-0.15, -0.1) is 13.2 Å². The van der Waals surface area contributed by atoms with Crippen LogP contribution in [0.4, 0.5) is 11.4 Å². The predicted octanol–water partition coefficient (Wildman–Crippen LogP) is 6.09. The number of nitrogens with zero attached hydrogens (tertiary/aromatic N) is 3. The quantitative estimate of drug-likeness (QED) is 0.127. The molecule has 11 heteroatoms. The van der Waals surface area contributed by atoms with Crippen molar-refractivity contribution in [2.75, 3.05) is 42.6 Å². The molecule has 3 aliphatic rings. The number of anilines is 2. The number of rotatable bonds is 16. The zero-order chi connectivity index (χ0) is 34.6. The number of likely N-dealkylation sites (tertiary alicyclic amines) is 1. The fraction of sp³-hybridized carbons (Fsp3) is 0.486. The van der Waals surface area contributed by atoms with Gasteiger partial charge in [0.1, 0.15) is 17.4 Å². The van der Waals surface area contributed by atoms with Crippen molar-refractivity contribution in [1.82, 2.24) is 4.90 Å². The third kappa shape index (κ3) is 6.56. The SMILES string of the molecule is C=CCN(C(=O)[C@H]1[C@@H]2OC3(CC2Br)C(C(=O)N(CC=C)c2c(C)cccc2Cl)N(CCCCCCO)C(=O)[C@H]13)c1ccc(OCC)cc1. The lowest BCUT2D eigenvalue weighted by atomic mass is 9.70. The van der Waals surface area contributed by atoms with Gasteiger partial charge in [-0.05, 0) is 69.0 Å². The van der Waals surface area contributed by atoms with Crippen molar-refractivity contribution in [3.8, 4) is 5.75 Å². The number of aliphatic hydroxyl groups excluding tert-OH is 1. The molecule has 1 spiro atoms. The van der Waals surface area contributed by atoms with Crippen LogP contribution >= 0.6 is 27.5 Å². The number of amides is 3. The van der Waals surface area contributed by atoms with Crippen molar-refractivity contribution in [2.24, 2.45) is 11.8 Å². The van der Waals surface area contributed by atoms with Crippen molar-refractivity contribution in [3.63, 3.8) is 0 Å². The number of aliphatic hydroxyl groups is 1. The summed E-state index contributed by atoms with van der Waals surface area (Å²) in [6.07, 6.45) is 5.96. The van der Waals surface area contributed by atoms with Gasteiger partial charge in [0, 0.05) is 36.8 Å². The molecule has 2 bridgehead atoms. The summed E-state index contributed by atoms with van der Waals surface area (Å²) in [5.74, 6) is -1.82. The lowest BCUT2D eigenvalue weighted by molar-refractivity contribution is -0.140. The molecular formula is C37H45BrClN3O6. The largest absolute Gasteiger partial charge is 0.494 e. The van der Waals surface area contributed by atoms with Crippen LogP contribution in [0.15, 0.2) is 67.8 Å². The Kier molecular flexibility index (Phi) is 11.7. The second kappa shape index (κ2) is 15.6. The van der Waals surface area contributed by atoms with Crippen LogP contribution in [0.1, 0.15) is 44.6 Å². The minimum Gasteiger partial charge on any atom is -0.494 e. The van der Waals surface area contributed by atoms with Gasteiger partial charge in [-0.1, -0.05) is 64.7 Å². The van der Waals surface area contributed by atoms with Crippen molar-refractivity contribution < 1.29 is 29.0 Å². The summed E-state index contributed by atoms with van der Waals surface area (Å²) in [5, 5.41) is 9.70. The van der Waals surface area contributed by atoms with Gasteiger partial charge in [-0.3, -0.25) is 14.4 Å². The molecule has 3 unspecified atom stereocenters. The Morgan fingerprint density at radius 3 is 2.42 bits per heavy atom. The summed E-state index contributed by atoms with van der Waals surface area (Å²) in [6.45, 7) is 12.9. The van der Waals surface area contributed by atoms with Gasteiger partial charge in [-0.2, -0.15) is 0 Å². The second-order valence-corrected chi connectivity index (χ2v) is 14.2. The average molecular weight is 743 g/mol. The Balaban J connectivity index is 1.56. The third-order valence-corrected chi connectivity index (χ3v) is 10.8. The zero-order valence-electron chi connectivity index (χ0n) is 27.7. The highest BCUT2D eigenvalue weighted by atomic mass is 79.9. The highest BCUT2D eigenvalue weighted by Crippen LogP contribution is 2.60. The van der Waals surface area contributed by atoms with E-state index in [2.05, 4.69) is 29.1 Å². The number of para-hydroxylation sites is 1. The normalized spacial score (nSPS) is 25.6. The summed E-state index contributed by atoms with van der Waals surface area (Å²) in [4.78, 5) is 48.9. The van der Waals surface area contributed by atoms with E-state index in [4.69, 9.17) is 21.1 Å². The first-order valence-electron chi connectivity index (χ1n) is 16.7. The lowest BCUT2D eigenvalue weighted by Crippen LogP contribution is -2.57. The van der Waals surface area contributed by atoms with E-state index < -0.39 is 29.6 Å². The minimum atomic E-state index is -1.23. The van der Waals surface area contributed by atoms with Crippen LogP contribution < -0.4 is 14.5 Å². The fourth-order valence-electron chi connectivity index (χ4n) is 7.73. The first-order valence-corrected chi connectivity index (χ1v) is 18.0. The van der Waals surface area contributed by atoms with Crippen LogP contribution in [-0.2, 0) is 19.1 Å². The van der Waals surface area contributed by atoms with Gasteiger partial charge < -0.3 is 29.3 Å². The van der Waals surface area contributed by atoms with E-state index in [0.717, 1.165) is 18.4 Å². The van der Waals surface area contributed by atoms with Crippen LogP contribution in [0.3, 0.4) is 0 Å².